The van der Waals surface area contributed by atoms with Crippen molar-refractivity contribution in [3.8, 4) is 11.3 Å². The summed E-state index contributed by atoms with van der Waals surface area (Å²) in [5.74, 6) is 1.64. The summed E-state index contributed by atoms with van der Waals surface area (Å²) in [5, 5.41) is 8.96. The first-order chi connectivity index (χ1) is 15.8. The van der Waals surface area contributed by atoms with Crippen LogP contribution >= 0.6 is 0 Å². The number of imidazole rings is 1. The van der Waals surface area contributed by atoms with Gasteiger partial charge in [0, 0.05) is 66.1 Å². The molecule has 0 fully saturated rings. The number of hydrogen-bond acceptors (Lipinski definition) is 6. The molecule has 2 N–H and O–H groups in total. The van der Waals surface area contributed by atoms with Crippen LogP contribution in [0.2, 0.25) is 0 Å². The van der Waals surface area contributed by atoms with E-state index >= 15 is 0 Å². The first-order valence-corrected chi connectivity index (χ1v) is 10.6. The number of hydrogen-bond donors (Lipinski definition) is 2. The van der Waals surface area contributed by atoms with Crippen molar-refractivity contribution in [2.75, 3.05) is 17.2 Å². The molecule has 0 aliphatic carbocycles. The van der Waals surface area contributed by atoms with Crippen molar-refractivity contribution in [2.45, 2.75) is 13.0 Å². The molecule has 0 spiro atoms. The third-order valence-corrected chi connectivity index (χ3v) is 5.18. The van der Waals surface area contributed by atoms with E-state index in [9.17, 15) is 0 Å². The van der Waals surface area contributed by atoms with Gasteiger partial charge in [0.25, 0.3) is 0 Å². The van der Waals surface area contributed by atoms with E-state index in [1.165, 1.54) is 0 Å². The second-order valence-corrected chi connectivity index (χ2v) is 7.45. The molecule has 0 aliphatic heterocycles. The Morgan fingerprint density at radius 3 is 2.72 bits per heavy atom. The predicted octanol–water partition coefficient (Wildman–Crippen LogP) is 5.13. The molecule has 0 amide bonds. The zero-order valence-electron chi connectivity index (χ0n) is 17.5. The molecule has 0 radical (unpaired) electrons. The minimum Gasteiger partial charge on any atom is -0.369 e. The minimum absolute atomic E-state index is 0.775. The number of para-hydroxylation sites is 1. The van der Waals surface area contributed by atoms with Crippen LogP contribution in [-0.4, -0.2) is 31.0 Å². The van der Waals surface area contributed by atoms with Gasteiger partial charge in [0.05, 0.1) is 12.0 Å². The third kappa shape index (κ3) is 4.57. The van der Waals surface area contributed by atoms with E-state index in [2.05, 4.69) is 36.2 Å². The number of anilines is 3. The fourth-order valence-corrected chi connectivity index (χ4v) is 3.60. The van der Waals surface area contributed by atoms with Crippen molar-refractivity contribution in [1.82, 2.24) is 24.5 Å². The van der Waals surface area contributed by atoms with Crippen LogP contribution in [0, 0.1) is 0 Å². The molecular weight excluding hydrogens is 398 g/mol. The van der Waals surface area contributed by atoms with Crippen LogP contribution in [0.25, 0.3) is 22.0 Å². The van der Waals surface area contributed by atoms with Gasteiger partial charge in [-0.05, 0) is 42.8 Å². The molecule has 32 heavy (non-hydrogen) atoms. The molecule has 158 valence electrons. The topological polar surface area (TPSA) is 80.5 Å². The summed E-state index contributed by atoms with van der Waals surface area (Å²) in [6.45, 7) is 1.72. The Hall–Kier alpha value is -4.26. The van der Waals surface area contributed by atoms with E-state index in [0.717, 1.165) is 58.9 Å². The van der Waals surface area contributed by atoms with Gasteiger partial charge < -0.3 is 15.2 Å². The Morgan fingerprint density at radius 2 is 1.84 bits per heavy atom. The summed E-state index contributed by atoms with van der Waals surface area (Å²) in [6.07, 6.45) is 12.1. The minimum atomic E-state index is 0.775. The molecule has 4 aromatic heterocycles. The van der Waals surface area contributed by atoms with E-state index < -0.39 is 0 Å². The van der Waals surface area contributed by atoms with Gasteiger partial charge in [-0.15, -0.1) is 0 Å². The number of aryl methyl sites for hydroxylation is 1. The fourth-order valence-electron chi connectivity index (χ4n) is 3.60. The average Bonchev–Trinajstić information content (AvgIpc) is 3.36. The molecular formula is C25H23N7. The van der Waals surface area contributed by atoms with Crippen LogP contribution in [0.1, 0.15) is 6.42 Å². The summed E-state index contributed by atoms with van der Waals surface area (Å²) in [6, 6.07) is 18.1. The van der Waals surface area contributed by atoms with Crippen molar-refractivity contribution in [1.29, 1.82) is 0 Å². The molecule has 4 heterocycles. The summed E-state index contributed by atoms with van der Waals surface area (Å²) in [5.41, 5.74) is 2.86. The first-order valence-electron chi connectivity index (χ1n) is 10.6. The smallest absolute Gasteiger partial charge is 0.134 e. The van der Waals surface area contributed by atoms with Gasteiger partial charge in [0.2, 0.25) is 0 Å². The molecule has 1 aromatic carbocycles. The highest BCUT2D eigenvalue weighted by atomic mass is 15.0. The number of fused-ring (bicyclic) bond motifs is 1. The maximum atomic E-state index is 4.94. The van der Waals surface area contributed by atoms with Crippen molar-refractivity contribution < 1.29 is 0 Å². The molecule has 5 rings (SSSR count). The van der Waals surface area contributed by atoms with Crippen molar-refractivity contribution in [2.24, 2.45) is 0 Å². The van der Waals surface area contributed by atoms with E-state index in [0.29, 0.717) is 0 Å². The second kappa shape index (κ2) is 9.26. The molecule has 0 bridgehead atoms. The van der Waals surface area contributed by atoms with Crippen LogP contribution in [0.3, 0.4) is 0 Å². The number of aromatic nitrogens is 5. The number of benzene rings is 1. The number of pyridine rings is 3. The highest BCUT2D eigenvalue weighted by Gasteiger charge is 2.09. The van der Waals surface area contributed by atoms with E-state index in [-0.39, 0.29) is 0 Å². The number of nitrogens with one attached hydrogen (secondary N) is 2. The lowest BCUT2D eigenvalue weighted by molar-refractivity contribution is 0.660. The van der Waals surface area contributed by atoms with Gasteiger partial charge in [-0.25, -0.2) is 15.0 Å². The summed E-state index contributed by atoms with van der Waals surface area (Å²) < 4.78 is 2.08. The van der Waals surface area contributed by atoms with Crippen LogP contribution in [0.15, 0.2) is 91.9 Å². The summed E-state index contributed by atoms with van der Waals surface area (Å²) >= 11 is 0. The Labute approximate surface area is 186 Å². The zero-order valence-corrected chi connectivity index (χ0v) is 17.5. The molecule has 0 atom stereocenters. The summed E-state index contributed by atoms with van der Waals surface area (Å²) in [4.78, 5) is 17.8. The lowest BCUT2D eigenvalue weighted by Crippen LogP contribution is -2.08. The van der Waals surface area contributed by atoms with Crippen molar-refractivity contribution in [3.05, 3.63) is 91.9 Å². The fraction of sp³-hybridized carbons (Fsp3) is 0.120. The molecule has 7 heteroatoms. The van der Waals surface area contributed by atoms with E-state index in [1.54, 1.807) is 18.6 Å². The van der Waals surface area contributed by atoms with Crippen molar-refractivity contribution >= 4 is 28.1 Å². The van der Waals surface area contributed by atoms with Crippen LogP contribution < -0.4 is 10.6 Å². The van der Waals surface area contributed by atoms with E-state index in [1.807, 2.05) is 67.3 Å². The lowest BCUT2D eigenvalue weighted by atomic mass is 10.1. The van der Waals surface area contributed by atoms with Crippen molar-refractivity contribution in [3.63, 3.8) is 0 Å². The molecule has 0 unspecified atom stereocenters. The quantitative estimate of drug-likeness (QED) is 0.338. The molecule has 0 saturated carbocycles. The molecule has 0 saturated heterocycles. The standard InChI is InChI=1S/C25H23N7/c1-2-5-21(6-3-1)30-24-16-19(7-11-28-24)23-15-20-17-26-10-8-22(20)25(31-23)29-9-4-13-32-14-12-27-18-32/h1-3,5-8,10-12,14-18H,4,9,13H2,(H,28,30)(H,29,31). The Bertz CT molecular complexity index is 1300. The third-order valence-electron chi connectivity index (χ3n) is 5.18. The maximum absolute atomic E-state index is 4.94. The Kier molecular flexibility index (Phi) is 5.70. The highest BCUT2D eigenvalue weighted by molar-refractivity contribution is 5.94. The second-order valence-electron chi connectivity index (χ2n) is 7.45. The normalized spacial score (nSPS) is 10.9. The highest BCUT2D eigenvalue weighted by Crippen LogP contribution is 2.28. The van der Waals surface area contributed by atoms with Crippen LogP contribution in [-0.2, 0) is 6.54 Å². The predicted molar refractivity (Wildman–Crippen MR) is 128 cm³/mol. The lowest BCUT2D eigenvalue weighted by Gasteiger charge is -2.12. The molecule has 5 aromatic rings. The number of nitrogens with zero attached hydrogens (tertiary/aromatic N) is 5. The first kappa shape index (κ1) is 19.7. The molecule has 7 nitrogen and oxygen atoms in total. The van der Waals surface area contributed by atoms with Gasteiger partial charge in [-0.2, -0.15) is 0 Å². The average molecular weight is 422 g/mol. The van der Waals surface area contributed by atoms with Gasteiger partial charge >= 0.3 is 0 Å². The Morgan fingerprint density at radius 1 is 0.906 bits per heavy atom. The van der Waals surface area contributed by atoms with Crippen LogP contribution in [0.5, 0.6) is 0 Å². The monoisotopic (exact) mass is 421 g/mol. The molecule has 0 aliphatic rings. The van der Waals surface area contributed by atoms with Gasteiger partial charge in [0.15, 0.2) is 0 Å². The van der Waals surface area contributed by atoms with Gasteiger partial charge in [0.1, 0.15) is 11.6 Å². The Balaban J connectivity index is 1.39. The van der Waals surface area contributed by atoms with E-state index in [4.69, 9.17) is 4.98 Å². The van der Waals surface area contributed by atoms with Crippen LogP contribution in [0.4, 0.5) is 17.3 Å². The maximum Gasteiger partial charge on any atom is 0.134 e. The SMILES string of the molecule is c1ccc(Nc2cc(-c3cc4cnccc4c(NCCCn4ccnc4)n3)ccn2)cc1. The van der Waals surface area contributed by atoms with Gasteiger partial charge in [-0.3, -0.25) is 4.98 Å². The number of rotatable bonds is 8. The van der Waals surface area contributed by atoms with Gasteiger partial charge in [-0.1, -0.05) is 18.2 Å². The summed E-state index contributed by atoms with van der Waals surface area (Å²) in [7, 11) is 0. The zero-order chi connectivity index (χ0) is 21.6. The largest absolute Gasteiger partial charge is 0.369 e.